The smallest absolute Gasteiger partial charge is 0.356 e. The summed E-state index contributed by atoms with van der Waals surface area (Å²) in [6.07, 6.45) is 1.46. The van der Waals surface area contributed by atoms with E-state index in [4.69, 9.17) is 5.11 Å². The number of nitrogens with one attached hydrogen (secondary N) is 1. The number of aromatic nitrogens is 2. The van der Waals surface area contributed by atoms with E-state index >= 15 is 0 Å². The first-order valence-electron chi connectivity index (χ1n) is 6.93. The summed E-state index contributed by atoms with van der Waals surface area (Å²) in [4.78, 5) is 11.1. The van der Waals surface area contributed by atoms with Gasteiger partial charge in [-0.15, -0.1) is 0 Å². The van der Waals surface area contributed by atoms with Crippen LogP contribution in [-0.2, 0) is 10.0 Å². The van der Waals surface area contributed by atoms with E-state index in [9.17, 15) is 13.2 Å². The number of carboxylic acids is 1. The third-order valence-electron chi connectivity index (χ3n) is 3.26. The third kappa shape index (κ3) is 3.13. The molecular formula is C16H13N3O4S. The maximum Gasteiger partial charge on any atom is 0.356 e. The highest BCUT2D eigenvalue weighted by molar-refractivity contribution is 7.92. The van der Waals surface area contributed by atoms with Gasteiger partial charge in [-0.2, -0.15) is 5.10 Å². The van der Waals surface area contributed by atoms with Gasteiger partial charge in [-0.3, -0.25) is 4.72 Å². The highest BCUT2D eigenvalue weighted by Crippen LogP contribution is 2.23. The van der Waals surface area contributed by atoms with E-state index in [-0.39, 0.29) is 10.6 Å². The maximum atomic E-state index is 12.5. The number of rotatable bonds is 5. The fraction of sp³-hybridized carbons (Fsp3) is 0. The molecule has 0 saturated carbocycles. The minimum Gasteiger partial charge on any atom is -0.476 e. The lowest BCUT2D eigenvalue weighted by molar-refractivity contribution is 0.0690. The van der Waals surface area contributed by atoms with Gasteiger partial charge < -0.3 is 5.11 Å². The van der Waals surface area contributed by atoms with Crippen molar-refractivity contribution in [1.29, 1.82) is 0 Å². The number of para-hydroxylation sites is 2. The van der Waals surface area contributed by atoms with E-state index in [0.29, 0.717) is 11.4 Å². The number of nitrogens with zero attached hydrogens (tertiary/aromatic N) is 2. The van der Waals surface area contributed by atoms with Crippen LogP contribution in [0.1, 0.15) is 10.5 Å². The molecule has 0 unspecified atom stereocenters. The Balaban J connectivity index is 1.99. The van der Waals surface area contributed by atoms with Crippen LogP contribution in [0, 0.1) is 0 Å². The van der Waals surface area contributed by atoms with Crippen LogP contribution in [0.3, 0.4) is 0 Å². The molecule has 2 N–H and O–H groups in total. The van der Waals surface area contributed by atoms with E-state index in [0.717, 1.165) is 0 Å². The van der Waals surface area contributed by atoms with Gasteiger partial charge in [0.05, 0.1) is 16.3 Å². The minimum atomic E-state index is -3.76. The molecule has 3 aromatic rings. The topological polar surface area (TPSA) is 101 Å². The Kier molecular flexibility index (Phi) is 4.05. The fourth-order valence-corrected chi connectivity index (χ4v) is 3.23. The molecule has 24 heavy (non-hydrogen) atoms. The lowest BCUT2D eigenvalue weighted by Gasteiger charge is -2.12. The van der Waals surface area contributed by atoms with Crippen molar-refractivity contribution in [3.63, 3.8) is 0 Å². The summed E-state index contributed by atoms with van der Waals surface area (Å²) in [6, 6.07) is 15.9. The molecule has 1 heterocycles. The molecule has 0 aliphatic heterocycles. The molecular weight excluding hydrogens is 330 g/mol. The average Bonchev–Trinajstić information content (AvgIpc) is 3.06. The van der Waals surface area contributed by atoms with Crippen LogP contribution in [0.25, 0.3) is 5.69 Å². The first kappa shape index (κ1) is 15.8. The van der Waals surface area contributed by atoms with Crippen LogP contribution >= 0.6 is 0 Å². The summed E-state index contributed by atoms with van der Waals surface area (Å²) in [5, 5.41) is 12.9. The molecule has 0 amide bonds. The van der Waals surface area contributed by atoms with Gasteiger partial charge in [0.25, 0.3) is 10.0 Å². The number of carbonyl (C=O) groups is 1. The normalized spacial score (nSPS) is 11.2. The zero-order chi connectivity index (χ0) is 17.2. The maximum absolute atomic E-state index is 12.5. The van der Waals surface area contributed by atoms with E-state index in [1.807, 2.05) is 0 Å². The lowest BCUT2D eigenvalue weighted by Crippen LogP contribution is -2.14. The molecule has 0 aliphatic carbocycles. The second kappa shape index (κ2) is 6.17. The Morgan fingerprint density at radius 3 is 2.33 bits per heavy atom. The van der Waals surface area contributed by atoms with Gasteiger partial charge in [-0.1, -0.05) is 30.3 Å². The Morgan fingerprint density at radius 2 is 1.67 bits per heavy atom. The predicted octanol–water partition coefficient (Wildman–Crippen LogP) is 2.37. The number of hydrogen-bond acceptors (Lipinski definition) is 4. The van der Waals surface area contributed by atoms with Crippen molar-refractivity contribution < 1.29 is 18.3 Å². The van der Waals surface area contributed by atoms with Crippen LogP contribution in [-0.4, -0.2) is 29.3 Å². The molecule has 0 aliphatic rings. The van der Waals surface area contributed by atoms with Gasteiger partial charge in [-0.25, -0.2) is 17.9 Å². The lowest BCUT2D eigenvalue weighted by atomic mass is 10.3. The van der Waals surface area contributed by atoms with Gasteiger partial charge >= 0.3 is 5.97 Å². The molecule has 8 heteroatoms. The van der Waals surface area contributed by atoms with Crippen LogP contribution in [0.15, 0.2) is 71.8 Å². The molecule has 0 bridgehead atoms. The zero-order valence-electron chi connectivity index (χ0n) is 12.3. The first-order chi connectivity index (χ1) is 11.5. The quantitative estimate of drug-likeness (QED) is 0.740. The van der Waals surface area contributed by atoms with Crippen LogP contribution < -0.4 is 4.72 Å². The third-order valence-corrected chi connectivity index (χ3v) is 4.64. The molecule has 0 spiro atoms. The fourth-order valence-electron chi connectivity index (χ4n) is 2.14. The summed E-state index contributed by atoms with van der Waals surface area (Å²) < 4.78 is 28.7. The van der Waals surface area contributed by atoms with Crippen molar-refractivity contribution in [3.8, 4) is 5.69 Å². The molecule has 0 saturated heterocycles. The van der Waals surface area contributed by atoms with E-state index < -0.39 is 16.0 Å². The van der Waals surface area contributed by atoms with Gasteiger partial charge in [0.2, 0.25) is 0 Å². The zero-order valence-corrected chi connectivity index (χ0v) is 13.1. The van der Waals surface area contributed by atoms with Crippen LogP contribution in [0.5, 0.6) is 0 Å². The summed E-state index contributed by atoms with van der Waals surface area (Å²) in [7, 11) is -3.76. The van der Waals surface area contributed by atoms with Gasteiger partial charge in [0.1, 0.15) is 0 Å². The largest absolute Gasteiger partial charge is 0.476 e. The summed E-state index contributed by atoms with van der Waals surface area (Å²) >= 11 is 0. The summed E-state index contributed by atoms with van der Waals surface area (Å²) in [6.45, 7) is 0. The van der Waals surface area contributed by atoms with Gasteiger partial charge in [-0.05, 0) is 30.3 Å². The highest BCUT2D eigenvalue weighted by Gasteiger charge is 2.17. The summed E-state index contributed by atoms with van der Waals surface area (Å²) in [5.74, 6) is -1.16. The van der Waals surface area contributed by atoms with Gasteiger partial charge in [0, 0.05) is 6.20 Å². The van der Waals surface area contributed by atoms with Crippen molar-refractivity contribution in [2.24, 2.45) is 0 Å². The van der Waals surface area contributed by atoms with Gasteiger partial charge in [0.15, 0.2) is 5.69 Å². The number of aromatic carboxylic acids is 1. The molecule has 0 atom stereocenters. The first-order valence-corrected chi connectivity index (χ1v) is 8.42. The van der Waals surface area contributed by atoms with Crippen molar-refractivity contribution in [3.05, 3.63) is 72.6 Å². The SMILES string of the molecule is O=C(O)c1ccn(-c2ccccc2NS(=O)(=O)c2ccccc2)n1. The molecule has 1 aromatic heterocycles. The Bertz CT molecular complexity index is 981. The highest BCUT2D eigenvalue weighted by atomic mass is 32.2. The molecule has 122 valence electrons. The second-order valence-electron chi connectivity index (χ2n) is 4.89. The standard InChI is InChI=1S/C16H13N3O4S/c20-16(21)14-10-11-19(17-14)15-9-5-4-8-13(15)18-24(22,23)12-6-2-1-3-7-12/h1-11,18H,(H,20,21). The molecule has 2 aromatic carbocycles. The molecule has 0 fully saturated rings. The Labute approximate surface area is 138 Å². The van der Waals surface area contributed by atoms with E-state index in [1.54, 1.807) is 42.5 Å². The van der Waals surface area contributed by atoms with E-state index in [1.165, 1.54) is 29.1 Å². The Hall–Kier alpha value is -3.13. The molecule has 7 nitrogen and oxygen atoms in total. The van der Waals surface area contributed by atoms with Crippen LogP contribution in [0.2, 0.25) is 0 Å². The average molecular weight is 343 g/mol. The van der Waals surface area contributed by atoms with Crippen molar-refractivity contribution in [2.75, 3.05) is 4.72 Å². The van der Waals surface area contributed by atoms with Crippen molar-refractivity contribution >= 4 is 21.7 Å². The Morgan fingerprint density at radius 1 is 1.00 bits per heavy atom. The monoisotopic (exact) mass is 343 g/mol. The number of hydrogen-bond donors (Lipinski definition) is 2. The predicted molar refractivity (Wildman–Crippen MR) is 87.8 cm³/mol. The minimum absolute atomic E-state index is 0.129. The van der Waals surface area contributed by atoms with E-state index in [2.05, 4.69) is 9.82 Å². The molecule has 3 rings (SSSR count). The molecule has 0 radical (unpaired) electrons. The van der Waals surface area contributed by atoms with Crippen molar-refractivity contribution in [1.82, 2.24) is 9.78 Å². The number of sulfonamides is 1. The van der Waals surface area contributed by atoms with Crippen LogP contribution in [0.4, 0.5) is 5.69 Å². The second-order valence-corrected chi connectivity index (χ2v) is 6.57. The number of benzene rings is 2. The van der Waals surface area contributed by atoms with Crippen molar-refractivity contribution in [2.45, 2.75) is 4.90 Å². The number of anilines is 1. The number of carboxylic acid groups (broad SMARTS) is 1. The summed E-state index contributed by atoms with van der Waals surface area (Å²) in [5.41, 5.74) is 0.585.